The van der Waals surface area contributed by atoms with Crippen molar-refractivity contribution in [2.75, 3.05) is 5.32 Å². The molecule has 1 radical (unpaired) electrons. The van der Waals surface area contributed by atoms with Crippen LogP contribution in [0.1, 0.15) is 37.7 Å². The highest BCUT2D eigenvalue weighted by Crippen LogP contribution is 2.23. The molecule has 0 saturated carbocycles. The fraction of sp³-hybridized carbons (Fsp3) is 0.350. The Labute approximate surface area is 146 Å². The third-order valence-electron chi connectivity index (χ3n) is 4.06. The molecule has 2 rings (SSSR count). The van der Waals surface area contributed by atoms with Crippen molar-refractivity contribution < 1.29 is 0 Å². The number of nitrogens with one attached hydrogen (secondary N) is 1. The molecular formula is C20H27BN3. The summed E-state index contributed by atoms with van der Waals surface area (Å²) >= 11 is 0. The van der Waals surface area contributed by atoms with E-state index in [9.17, 15) is 0 Å². The third kappa shape index (κ3) is 3.99. The van der Waals surface area contributed by atoms with Gasteiger partial charge in [-0.15, -0.1) is 0 Å². The number of aliphatic imine (C=N–C) groups is 1. The number of aromatic nitrogens is 1. The van der Waals surface area contributed by atoms with Crippen molar-refractivity contribution in [2.45, 2.75) is 40.4 Å². The molecule has 4 heteroatoms. The van der Waals surface area contributed by atoms with Crippen molar-refractivity contribution in [2.24, 2.45) is 12.0 Å². The minimum atomic E-state index is 0.483. The minimum Gasteiger partial charge on any atom is -0.360 e. The maximum absolute atomic E-state index is 4.93. The lowest BCUT2D eigenvalue weighted by atomic mass is 9.60. The Morgan fingerprint density at radius 2 is 2.00 bits per heavy atom. The molecule has 0 amide bonds. The normalized spacial score (nSPS) is 11.7. The zero-order valence-electron chi connectivity index (χ0n) is 15.6. The van der Waals surface area contributed by atoms with Gasteiger partial charge in [0.1, 0.15) is 0 Å². The number of hydrogen-bond acceptors (Lipinski definition) is 2. The van der Waals surface area contributed by atoms with Crippen molar-refractivity contribution >= 4 is 29.8 Å². The maximum atomic E-state index is 4.93. The van der Waals surface area contributed by atoms with Gasteiger partial charge in [-0.3, -0.25) is 4.99 Å². The van der Waals surface area contributed by atoms with Gasteiger partial charge in [-0.25, -0.2) is 0 Å². The molecule has 0 aliphatic heterocycles. The number of aryl methyl sites for hydroxylation is 2. The quantitative estimate of drug-likeness (QED) is 0.616. The predicted molar refractivity (Wildman–Crippen MR) is 108 cm³/mol. The van der Waals surface area contributed by atoms with Gasteiger partial charge in [-0.1, -0.05) is 49.4 Å². The summed E-state index contributed by atoms with van der Waals surface area (Å²) in [6.07, 6.45) is 1.70. The number of nitrogens with zero attached hydrogens (tertiary/aromatic N) is 2. The van der Waals surface area contributed by atoms with Gasteiger partial charge in [0.15, 0.2) is 7.28 Å². The molecule has 125 valence electrons. The van der Waals surface area contributed by atoms with Gasteiger partial charge in [0.25, 0.3) is 0 Å². The molecule has 0 fully saturated rings. The minimum absolute atomic E-state index is 0.483. The van der Waals surface area contributed by atoms with Crippen LogP contribution in [0, 0.1) is 13.8 Å². The van der Waals surface area contributed by atoms with E-state index in [-0.39, 0.29) is 0 Å². The second-order valence-corrected chi connectivity index (χ2v) is 6.63. The molecular weight excluding hydrogens is 293 g/mol. The van der Waals surface area contributed by atoms with Gasteiger partial charge in [-0.05, 0) is 39.1 Å². The lowest BCUT2D eigenvalue weighted by molar-refractivity contribution is 0.871. The summed E-state index contributed by atoms with van der Waals surface area (Å²) in [5, 5.41) is 3.21. The highest BCUT2D eigenvalue weighted by Gasteiger charge is 2.13. The molecule has 0 aliphatic carbocycles. The summed E-state index contributed by atoms with van der Waals surface area (Å²) in [5.74, 6) is 0.483. The molecule has 2 aromatic rings. The SMILES string of the molecule is C=CNc1cc(C)n(C)c1C(C)=Nc1ccc(C)cc1[B]C(C)C. The van der Waals surface area contributed by atoms with Crippen LogP contribution in [0.4, 0.5) is 11.4 Å². The van der Waals surface area contributed by atoms with Gasteiger partial charge in [0.2, 0.25) is 0 Å². The first kappa shape index (κ1) is 18.1. The Balaban J connectivity index is 2.51. The van der Waals surface area contributed by atoms with E-state index in [2.05, 4.69) is 89.7 Å². The van der Waals surface area contributed by atoms with Crippen LogP contribution in [0.2, 0.25) is 5.82 Å². The second kappa shape index (κ2) is 7.56. The van der Waals surface area contributed by atoms with Crippen LogP contribution in [-0.4, -0.2) is 17.6 Å². The van der Waals surface area contributed by atoms with Crippen LogP contribution in [0.15, 0.2) is 42.0 Å². The summed E-state index contributed by atoms with van der Waals surface area (Å²) in [6, 6.07) is 8.53. The Morgan fingerprint density at radius 1 is 1.29 bits per heavy atom. The summed E-state index contributed by atoms with van der Waals surface area (Å²) in [4.78, 5) is 4.93. The highest BCUT2D eigenvalue weighted by molar-refractivity contribution is 6.56. The van der Waals surface area contributed by atoms with Crippen LogP contribution in [0.5, 0.6) is 0 Å². The molecule has 0 unspecified atom stereocenters. The van der Waals surface area contributed by atoms with Crippen LogP contribution in [0.25, 0.3) is 0 Å². The monoisotopic (exact) mass is 320 g/mol. The summed E-state index contributed by atoms with van der Waals surface area (Å²) in [7, 11) is 4.33. The van der Waals surface area contributed by atoms with Crippen LogP contribution >= 0.6 is 0 Å². The molecule has 3 nitrogen and oxygen atoms in total. The Hall–Kier alpha value is -2.23. The van der Waals surface area contributed by atoms with E-state index in [1.807, 2.05) is 0 Å². The van der Waals surface area contributed by atoms with Gasteiger partial charge in [0, 0.05) is 12.7 Å². The molecule has 1 heterocycles. The standard InChI is InChI=1S/C20H27BN3/c1-8-22-19-12-15(5)24(7)20(19)16(6)23-18-10-9-14(4)11-17(18)21-13(2)3/h8-13,22H,1H2,2-7H3. The fourth-order valence-corrected chi connectivity index (χ4v) is 2.89. The lowest BCUT2D eigenvalue weighted by Gasteiger charge is -2.12. The van der Waals surface area contributed by atoms with Crippen molar-refractivity contribution in [3.05, 3.63) is 54.0 Å². The fourth-order valence-electron chi connectivity index (χ4n) is 2.89. The third-order valence-corrected chi connectivity index (χ3v) is 4.06. The molecule has 0 spiro atoms. The van der Waals surface area contributed by atoms with Crippen molar-refractivity contribution in [1.82, 2.24) is 4.57 Å². The topological polar surface area (TPSA) is 29.3 Å². The van der Waals surface area contributed by atoms with Gasteiger partial charge in [-0.2, -0.15) is 0 Å². The van der Waals surface area contributed by atoms with Gasteiger partial charge < -0.3 is 9.88 Å². The first-order valence-electron chi connectivity index (χ1n) is 8.38. The number of hydrogen-bond donors (Lipinski definition) is 1. The molecule has 0 atom stereocenters. The van der Waals surface area contributed by atoms with E-state index < -0.39 is 0 Å². The molecule has 0 aliphatic rings. The largest absolute Gasteiger partial charge is 0.360 e. The molecule has 0 bridgehead atoms. The number of benzene rings is 1. The molecule has 1 N–H and O–H groups in total. The highest BCUT2D eigenvalue weighted by atomic mass is 15.0. The van der Waals surface area contributed by atoms with Gasteiger partial charge in [0.05, 0.1) is 22.8 Å². The summed E-state index contributed by atoms with van der Waals surface area (Å²) in [5.41, 5.74) is 7.74. The summed E-state index contributed by atoms with van der Waals surface area (Å²) < 4.78 is 2.16. The van der Waals surface area contributed by atoms with E-state index in [1.54, 1.807) is 6.20 Å². The van der Waals surface area contributed by atoms with Crippen LogP contribution < -0.4 is 10.8 Å². The van der Waals surface area contributed by atoms with E-state index in [0.29, 0.717) is 5.82 Å². The lowest BCUT2D eigenvalue weighted by Crippen LogP contribution is -2.18. The van der Waals surface area contributed by atoms with Crippen molar-refractivity contribution in [1.29, 1.82) is 0 Å². The number of rotatable bonds is 6. The Kier molecular flexibility index (Phi) is 5.71. The molecule has 1 aromatic heterocycles. The zero-order chi connectivity index (χ0) is 17.9. The van der Waals surface area contributed by atoms with E-state index in [1.165, 1.54) is 16.7 Å². The Morgan fingerprint density at radius 3 is 2.62 bits per heavy atom. The van der Waals surface area contributed by atoms with Gasteiger partial charge >= 0.3 is 0 Å². The second-order valence-electron chi connectivity index (χ2n) is 6.63. The predicted octanol–water partition coefficient (Wildman–Crippen LogP) is 4.50. The smallest absolute Gasteiger partial charge is 0.157 e. The van der Waals surface area contributed by atoms with Crippen LogP contribution in [-0.2, 0) is 7.05 Å². The first-order chi connectivity index (χ1) is 11.3. The molecule has 24 heavy (non-hydrogen) atoms. The van der Waals surface area contributed by atoms with E-state index >= 15 is 0 Å². The van der Waals surface area contributed by atoms with Crippen LogP contribution in [0.3, 0.4) is 0 Å². The maximum Gasteiger partial charge on any atom is 0.157 e. The average molecular weight is 320 g/mol. The summed E-state index contributed by atoms with van der Waals surface area (Å²) in [6.45, 7) is 14.4. The van der Waals surface area contributed by atoms with Crippen molar-refractivity contribution in [3.63, 3.8) is 0 Å². The van der Waals surface area contributed by atoms with E-state index in [4.69, 9.17) is 4.99 Å². The number of anilines is 1. The molecule has 1 aromatic carbocycles. The van der Waals surface area contributed by atoms with Crippen molar-refractivity contribution in [3.8, 4) is 0 Å². The zero-order valence-corrected chi connectivity index (χ0v) is 15.6. The molecule has 0 saturated heterocycles. The Bertz CT molecular complexity index is 769. The first-order valence-corrected chi connectivity index (χ1v) is 8.38. The van der Waals surface area contributed by atoms with E-state index in [0.717, 1.165) is 22.8 Å². The average Bonchev–Trinajstić information content (AvgIpc) is 2.76.